The standard InChI is InChI=1S/C17H14O3S/c1-10-15-13(4-3-5-14(15)21)17(18)20-16(10)11-6-8-12(19-2)9-7-11/h3-9,21H,1-2H3. The van der Waals surface area contributed by atoms with Crippen LogP contribution < -0.4 is 10.4 Å². The van der Waals surface area contributed by atoms with Crippen LogP contribution in [0.15, 0.2) is 56.6 Å². The summed E-state index contributed by atoms with van der Waals surface area (Å²) in [5, 5.41) is 1.39. The molecule has 0 fully saturated rings. The first-order chi connectivity index (χ1) is 10.1. The number of rotatable bonds is 2. The molecule has 0 unspecified atom stereocenters. The number of thiol groups is 1. The van der Waals surface area contributed by atoms with Crippen molar-refractivity contribution in [2.45, 2.75) is 11.8 Å². The first-order valence-corrected chi connectivity index (χ1v) is 6.96. The van der Waals surface area contributed by atoms with E-state index in [0.29, 0.717) is 11.1 Å². The third-order valence-electron chi connectivity index (χ3n) is 3.52. The molecule has 0 saturated heterocycles. The molecule has 0 N–H and O–H groups in total. The molecule has 0 amide bonds. The summed E-state index contributed by atoms with van der Waals surface area (Å²) in [5.74, 6) is 1.33. The van der Waals surface area contributed by atoms with Crippen molar-refractivity contribution < 1.29 is 9.15 Å². The van der Waals surface area contributed by atoms with Gasteiger partial charge in [-0.15, -0.1) is 12.6 Å². The third kappa shape index (κ3) is 2.32. The molecule has 0 bridgehead atoms. The average molecular weight is 298 g/mol. The van der Waals surface area contributed by atoms with Gasteiger partial charge in [0.25, 0.3) is 0 Å². The molecular formula is C17H14O3S. The van der Waals surface area contributed by atoms with Crippen LogP contribution in [0.3, 0.4) is 0 Å². The summed E-state index contributed by atoms with van der Waals surface area (Å²) >= 11 is 4.46. The zero-order valence-electron chi connectivity index (χ0n) is 11.7. The van der Waals surface area contributed by atoms with Crippen LogP contribution in [0.4, 0.5) is 0 Å². The van der Waals surface area contributed by atoms with Gasteiger partial charge in [-0.3, -0.25) is 0 Å². The Balaban J connectivity index is 2.30. The molecule has 0 radical (unpaired) electrons. The van der Waals surface area contributed by atoms with Crippen molar-refractivity contribution in [3.63, 3.8) is 0 Å². The number of aryl methyl sites for hydroxylation is 1. The lowest BCUT2D eigenvalue weighted by Gasteiger charge is -2.10. The monoisotopic (exact) mass is 298 g/mol. The highest BCUT2D eigenvalue weighted by molar-refractivity contribution is 7.80. The van der Waals surface area contributed by atoms with E-state index in [4.69, 9.17) is 9.15 Å². The Hall–Kier alpha value is -2.20. The van der Waals surface area contributed by atoms with Crippen LogP contribution in [0.5, 0.6) is 5.75 Å². The lowest BCUT2D eigenvalue weighted by atomic mass is 10.0. The molecule has 106 valence electrons. The smallest absolute Gasteiger partial charge is 0.344 e. The molecule has 2 aromatic carbocycles. The van der Waals surface area contributed by atoms with Gasteiger partial charge in [0, 0.05) is 21.4 Å². The SMILES string of the molecule is COc1ccc(-c2oc(=O)c3cccc(S)c3c2C)cc1. The van der Waals surface area contributed by atoms with Gasteiger partial charge in [0.05, 0.1) is 12.5 Å². The van der Waals surface area contributed by atoms with Gasteiger partial charge in [0.15, 0.2) is 0 Å². The molecule has 1 aromatic heterocycles. The van der Waals surface area contributed by atoms with E-state index in [1.807, 2.05) is 37.3 Å². The average Bonchev–Trinajstić information content (AvgIpc) is 2.51. The molecule has 0 saturated carbocycles. The molecule has 3 rings (SSSR count). The van der Waals surface area contributed by atoms with Crippen LogP contribution >= 0.6 is 12.6 Å². The molecule has 0 aliphatic rings. The van der Waals surface area contributed by atoms with Crippen molar-refractivity contribution in [3.05, 3.63) is 58.4 Å². The molecular weight excluding hydrogens is 284 g/mol. The highest BCUT2D eigenvalue weighted by Crippen LogP contribution is 2.31. The highest BCUT2D eigenvalue weighted by atomic mass is 32.1. The highest BCUT2D eigenvalue weighted by Gasteiger charge is 2.14. The van der Waals surface area contributed by atoms with Gasteiger partial charge in [-0.25, -0.2) is 4.79 Å². The first kappa shape index (κ1) is 13.8. The minimum atomic E-state index is -0.350. The lowest BCUT2D eigenvalue weighted by molar-refractivity contribution is 0.415. The number of ether oxygens (including phenoxy) is 1. The van der Waals surface area contributed by atoms with Gasteiger partial charge in [-0.05, 0) is 43.3 Å². The van der Waals surface area contributed by atoms with E-state index >= 15 is 0 Å². The van der Waals surface area contributed by atoms with Crippen LogP contribution in [0.25, 0.3) is 22.1 Å². The second kappa shape index (κ2) is 5.30. The quantitative estimate of drug-likeness (QED) is 0.725. The number of hydrogen-bond donors (Lipinski definition) is 1. The van der Waals surface area contributed by atoms with Gasteiger partial charge in [-0.1, -0.05) is 6.07 Å². The van der Waals surface area contributed by atoms with Crippen molar-refractivity contribution in [2.75, 3.05) is 7.11 Å². The van der Waals surface area contributed by atoms with E-state index in [-0.39, 0.29) is 5.63 Å². The van der Waals surface area contributed by atoms with Crippen molar-refractivity contribution in [1.82, 2.24) is 0 Å². The fourth-order valence-electron chi connectivity index (χ4n) is 2.46. The minimum Gasteiger partial charge on any atom is -0.497 e. The summed E-state index contributed by atoms with van der Waals surface area (Å²) in [5.41, 5.74) is 1.39. The van der Waals surface area contributed by atoms with Gasteiger partial charge < -0.3 is 9.15 Å². The summed E-state index contributed by atoms with van der Waals surface area (Å²) in [4.78, 5) is 12.9. The van der Waals surface area contributed by atoms with Crippen molar-refractivity contribution in [3.8, 4) is 17.1 Å². The Morgan fingerprint density at radius 3 is 2.48 bits per heavy atom. The van der Waals surface area contributed by atoms with Crippen molar-refractivity contribution >= 4 is 23.4 Å². The van der Waals surface area contributed by atoms with E-state index < -0.39 is 0 Å². The number of hydrogen-bond acceptors (Lipinski definition) is 4. The molecule has 0 atom stereocenters. The number of fused-ring (bicyclic) bond motifs is 1. The van der Waals surface area contributed by atoms with E-state index in [0.717, 1.165) is 27.2 Å². The van der Waals surface area contributed by atoms with Gasteiger partial charge in [-0.2, -0.15) is 0 Å². The predicted molar refractivity (Wildman–Crippen MR) is 86.5 cm³/mol. The van der Waals surface area contributed by atoms with Crippen LogP contribution in [0.1, 0.15) is 5.56 Å². The van der Waals surface area contributed by atoms with E-state index in [1.54, 1.807) is 19.2 Å². The maximum atomic E-state index is 12.2. The molecule has 3 aromatic rings. The molecule has 21 heavy (non-hydrogen) atoms. The van der Waals surface area contributed by atoms with E-state index in [2.05, 4.69) is 12.6 Å². The molecule has 0 aliphatic carbocycles. The Morgan fingerprint density at radius 2 is 1.81 bits per heavy atom. The number of methoxy groups -OCH3 is 1. The van der Waals surface area contributed by atoms with Crippen LogP contribution in [0, 0.1) is 6.92 Å². The van der Waals surface area contributed by atoms with E-state index in [1.165, 1.54) is 0 Å². The van der Waals surface area contributed by atoms with Crippen LogP contribution in [-0.4, -0.2) is 7.11 Å². The Morgan fingerprint density at radius 1 is 1.10 bits per heavy atom. The zero-order valence-corrected chi connectivity index (χ0v) is 12.6. The summed E-state index contributed by atoms with van der Waals surface area (Å²) in [7, 11) is 1.61. The predicted octanol–water partition coefficient (Wildman–Crippen LogP) is 4.07. The van der Waals surface area contributed by atoms with Crippen molar-refractivity contribution in [1.29, 1.82) is 0 Å². The topological polar surface area (TPSA) is 39.4 Å². The van der Waals surface area contributed by atoms with Gasteiger partial charge in [0.1, 0.15) is 11.5 Å². The maximum Gasteiger partial charge on any atom is 0.344 e. The molecule has 4 heteroatoms. The molecule has 1 heterocycles. The second-order valence-electron chi connectivity index (χ2n) is 4.77. The normalized spacial score (nSPS) is 10.8. The summed E-state index contributed by atoms with van der Waals surface area (Å²) in [6, 6.07) is 12.8. The summed E-state index contributed by atoms with van der Waals surface area (Å²) < 4.78 is 10.6. The zero-order chi connectivity index (χ0) is 15.0. The Kier molecular flexibility index (Phi) is 3.47. The maximum absolute atomic E-state index is 12.2. The van der Waals surface area contributed by atoms with Gasteiger partial charge >= 0.3 is 5.63 Å². The van der Waals surface area contributed by atoms with E-state index in [9.17, 15) is 4.79 Å². The number of benzene rings is 2. The Labute approximate surface area is 127 Å². The first-order valence-electron chi connectivity index (χ1n) is 6.51. The fourth-order valence-corrected chi connectivity index (χ4v) is 2.83. The second-order valence-corrected chi connectivity index (χ2v) is 5.25. The molecule has 3 nitrogen and oxygen atoms in total. The van der Waals surface area contributed by atoms with Gasteiger partial charge in [0.2, 0.25) is 0 Å². The minimum absolute atomic E-state index is 0.350. The lowest BCUT2D eigenvalue weighted by Crippen LogP contribution is -2.03. The van der Waals surface area contributed by atoms with Crippen LogP contribution in [-0.2, 0) is 0 Å². The largest absolute Gasteiger partial charge is 0.497 e. The van der Waals surface area contributed by atoms with Crippen molar-refractivity contribution in [2.24, 2.45) is 0 Å². The fraction of sp³-hybridized carbons (Fsp3) is 0.118. The summed E-state index contributed by atoms with van der Waals surface area (Å²) in [6.07, 6.45) is 0. The third-order valence-corrected chi connectivity index (χ3v) is 3.90. The van der Waals surface area contributed by atoms with Crippen LogP contribution in [0.2, 0.25) is 0 Å². The summed E-state index contributed by atoms with van der Waals surface area (Å²) in [6.45, 7) is 1.94. The molecule has 0 aliphatic heterocycles. The molecule has 0 spiro atoms. The Bertz CT molecular complexity index is 864.